The van der Waals surface area contributed by atoms with Crippen LogP contribution in [0, 0.1) is 24.6 Å². The third-order valence-electron chi connectivity index (χ3n) is 4.51. The number of hydrogen-bond donors (Lipinski definition) is 1. The summed E-state index contributed by atoms with van der Waals surface area (Å²) in [6, 6.07) is 4.60. The molecule has 1 heterocycles. The van der Waals surface area contributed by atoms with E-state index in [0.717, 1.165) is 18.4 Å². The van der Waals surface area contributed by atoms with Crippen LogP contribution in [0.5, 0.6) is 0 Å². The molecule has 25 heavy (non-hydrogen) atoms. The van der Waals surface area contributed by atoms with Crippen molar-refractivity contribution < 1.29 is 17.6 Å². The predicted octanol–water partition coefficient (Wildman–Crippen LogP) is 2.45. The standard InChI is InChI=1S/C18H27FN2O3S/c1-13(2)18(22)20-10-15-5-4-8-21(11-15)25(23,24)12-16-7-6-14(3)9-17(16)19/h6-7,9,13,15H,4-5,8,10-12H2,1-3H3,(H,20,22). The number of carbonyl (C=O) groups excluding carboxylic acids is 1. The average molecular weight is 370 g/mol. The zero-order valence-corrected chi connectivity index (χ0v) is 15.9. The summed E-state index contributed by atoms with van der Waals surface area (Å²) in [4.78, 5) is 11.7. The first-order valence-corrected chi connectivity index (χ1v) is 10.3. The van der Waals surface area contributed by atoms with Crippen LogP contribution in [0.4, 0.5) is 4.39 Å². The highest BCUT2D eigenvalue weighted by molar-refractivity contribution is 7.88. The van der Waals surface area contributed by atoms with Gasteiger partial charge in [-0.1, -0.05) is 26.0 Å². The van der Waals surface area contributed by atoms with E-state index >= 15 is 0 Å². The molecule has 1 aromatic rings. The van der Waals surface area contributed by atoms with Crippen LogP contribution < -0.4 is 5.32 Å². The molecule has 7 heteroatoms. The van der Waals surface area contributed by atoms with Crippen LogP contribution in [0.15, 0.2) is 18.2 Å². The van der Waals surface area contributed by atoms with Crippen LogP contribution in [0.2, 0.25) is 0 Å². The number of amides is 1. The number of hydrogen-bond acceptors (Lipinski definition) is 3. The second-order valence-corrected chi connectivity index (χ2v) is 9.09. The number of sulfonamides is 1. The van der Waals surface area contributed by atoms with E-state index in [1.165, 1.54) is 16.4 Å². The molecule has 1 atom stereocenters. The maximum Gasteiger partial charge on any atom is 0.222 e. The molecule has 0 aliphatic carbocycles. The lowest BCUT2D eigenvalue weighted by Gasteiger charge is -2.32. The Labute approximate surface area is 149 Å². The fourth-order valence-corrected chi connectivity index (χ4v) is 4.61. The Hall–Kier alpha value is -1.47. The molecule has 0 spiro atoms. The normalized spacial score (nSPS) is 19.2. The number of carbonyl (C=O) groups is 1. The van der Waals surface area contributed by atoms with E-state index in [2.05, 4.69) is 5.32 Å². The minimum Gasteiger partial charge on any atom is -0.356 e. The van der Waals surface area contributed by atoms with E-state index < -0.39 is 15.8 Å². The van der Waals surface area contributed by atoms with Crippen LogP contribution in [0.1, 0.15) is 37.8 Å². The van der Waals surface area contributed by atoms with Crippen molar-refractivity contribution in [3.8, 4) is 0 Å². The second-order valence-electron chi connectivity index (χ2n) is 7.12. The van der Waals surface area contributed by atoms with Crippen LogP contribution >= 0.6 is 0 Å². The molecular formula is C18H27FN2O3S. The van der Waals surface area contributed by atoms with Crippen LogP contribution in [0.3, 0.4) is 0 Å². The highest BCUT2D eigenvalue weighted by Crippen LogP contribution is 2.22. The third kappa shape index (κ3) is 5.51. The first-order valence-electron chi connectivity index (χ1n) is 8.69. The Morgan fingerprint density at radius 1 is 1.40 bits per heavy atom. The van der Waals surface area contributed by atoms with E-state index in [4.69, 9.17) is 0 Å². The van der Waals surface area contributed by atoms with E-state index in [9.17, 15) is 17.6 Å². The van der Waals surface area contributed by atoms with Crippen LogP contribution in [0.25, 0.3) is 0 Å². The SMILES string of the molecule is Cc1ccc(CS(=O)(=O)N2CCCC(CNC(=O)C(C)C)C2)c(F)c1. The second kappa shape index (κ2) is 8.27. The van der Waals surface area contributed by atoms with Gasteiger partial charge < -0.3 is 5.32 Å². The van der Waals surface area contributed by atoms with E-state index in [0.29, 0.717) is 19.6 Å². The van der Waals surface area contributed by atoms with Gasteiger partial charge in [0.15, 0.2) is 0 Å². The lowest BCUT2D eigenvalue weighted by Crippen LogP contribution is -2.44. The van der Waals surface area contributed by atoms with Crippen molar-refractivity contribution in [2.45, 2.75) is 39.4 Å². The maximum atomic E-state index is 14.0. The summed E-state index contributed by atoms with van der Waals surface area (Å²) < 4.78 is 40.7. The van der Waals surface area contributed by atoms with E-state index in [-0.39, 0.29) is 29.1 Å². The molecule has 1 N–H and O–H groups in total. The Morgan fingerprint density at radius 3 is 2.76 bits per heavy atom. The van der Waals surface area contributed by atoms with Gasteiger partial charge >= 0.3 is 0 Å². The van der Waals surface area contributed by atoms with Crippen molar-refractivity contribution in [1.29, 1.82) is 0 Å². The fraction of sp³-hybridized carbons (Fsp3) is 0.611. The van der Waals surface area contributed by atoms with Gasteiger partial charge in [0, 0.05) is 31.1 Å². The molecule has 140 valence electrons. The molecule has 1 aromatic carbocycles. The molecular weight excluding hydrogens is 343 g/mol. The highest BCUT2D eigenvalue weighted by Gasteiger charge is 2.30. The number of rotatable bonds is 6. The quantitative estimate of drug-likeness (QED) is 0.836. The number of halogens is 1. The third-order valence-corrected chi connectivity index (χ3v) is 6.31. The van der Waals surface area contributed by atoms with Gasteiger partial charge in [-0.25, -0.2) is 17.1 Å². The Bertz CT molecular complexity index is 719. The summed E-state index contributed by atoms with van der Waals surface area (Å²) in [6.45, 7) is 6.70. The first-order chi connectivity index (χ1) is 11.7. The molecule has 5 nitrogen and oxygen atoms in total. The molecule has 1 fully saturated rings. The summed E-state index contributed by atoms with van der Waals surface area (Å²) in [5.41, 5.74) is 0.957. The van der Waals surface area contributed by atoms with E-state index in [1.54, 1.807) is 13.0 Å². The van der Waals surface area contributed by atoms with Crippen molar-refractivity contribution in [3.05, 3.63) is 35.1 Å². The van der Waals surface area contributed by atoms with Crippen LogP contribution in [-0.2, 0) is 20.6 Å². The molecule has 0 radical (unpaired) electrons. The molecule has 1 amide bonds. The summed E-state index contributed by atoms with van der Waals surface area (Å²) in [7, 11) is -3.58. The van der Waals surface area contributed by atoms with Gasteiger partial charge in [-0.05, 0) is 37.3 Å². The molecule has 1 aliphatic rings. The van der Waals surface area contributed by atoms with Crippen molar-refractivity contribution in [2.75, 3.05) is 19.6 Å². The molecule has 1 saturated heterocycles. The van der Waals surface area contributed by atoms with Gasteiger partial charge in [0.2, 0.25) is 15.9 Å². The number of aryl methyl sites for hydroxylation is 1. The summed E-state index contributed by atoms with van der Waals surface area (Å²) >= 11 is 0. The van der Waals surface area contributed by atoms with Crippen molar-refractivity contribution in [3.63, 3.8) is 0 Å². The summed E-state index contributed by atoms with van der Waals surface area (Å²) in [5, 5.41) is 2.87. The van der Waals surface area contributed by atoms with Crippen molar-refractivity contribution >= 4 is 15.9 Å². The smallest absolute Gasteiger partial charge is 0.222 e. The number of nitrogens with one attached hydrogen (secondary N) is 1. The van der Waals surface area contributed by atoms with Gasteiger partial charge in [-0.2, -0.15) is 0 Å². The predicted molar refractivity (Wildman–Crippen MR) is 95.9 cm³/mol. The largest absolute Gasteiger partial charge is 0.356 e. The van der Waals surface area contributed by atoms with Gasteiger partial charge in [-0.15, -0.1) is 0 Å². The van der Waals surface area contributed by atoms with E-state index in [1.807, 2.05) is 13.8 Å². The topological polar surface area (TPSA) is 66.5 Å². The van der Waals surface area contributed by atoms with Gasteiger partial charge in [0.25, 0.3) is 0 Å². The summed E-state index contributed by atoms with van der Waals surface area (Å²) in [5.74, 6) is -0.838. The number of benzene rings is 1. The molecule has 0 bridgehead atoms. The van der Waals surface area contributed by atoms with Gasteiger partial charge in [0.1, 0.15) is 5.82 Å². The fourth-order valence-electron chi connectivity index (χ4n) is 2.95. The zero-order chi connectivity index (χ0) is 18.6. The van der Waals surface area contributed by atoms with Crippen molar-refractivity contribution in [2.24, 2.45) is 11.8 Å². The molecule has 0 aromatic heterocycles. The minimum atomic E-state index is -3.58. The molecule has 1 aliphatic heterocycles. The Morgan fingerprint density at radius 2 is 2.12 bits per heavy atom. The average Bonchev–Trinajstić information content (AvgIpc) is 2.55. The molecule has 1 unspecified atom stereocenters. The maximum absolute atomic E-state index is 14.0. The zero-order valence-electron chi connectivity index (χ0n) is 15.1. The van der Waals surface area contributed by atoms with Gasteiger partial charge in [0.05, 0.1) is 5.75 Å². The lowest BCUT2D eigenvalue weighted by atomic mass is 9.99. The number of piperidine rings is 1. The highest BCUT2D eigenvalue weighted by atomic mass is 32.2. The Balaban J connectivity index is 2.00. The van der Waals surface area contributed by atoms with Gasteiger partial charge in [-0.3, -0.25) is 4.79 Å². The lowest BCUT2D eigenvalue weighted by molar-refractivity contribution is -0.124. The monoisotopic (exact) mass is 370 g/mol. The Kier molecular flexibility index (Phi) is 6.57. The molecule has 0 saturated carbocycles. The number of nitrogens with zero attached hydrogens (tertiary/aromatic N) is 1. The first kappa shape index (κ1) is 19.8. The minimum absolute atomic E-state index is 0.0262. The van der Waals surface area contributed by atoms with Crippen molar-refractivity contribution in [1.82, 2.24) is 9.62 Å². The van der Waals surface area contributed by atoms with Crippen LogP contribution in [-0.4, -0.2) is 38.3 Å². The molecule has 2 rings (SSSR count). The summed E-state index contributed by atoms with van der Waals surface area (Å²) in [6.07, 6.45) is 1.63.